The van der Waals surface area contributed by atoms with Crippen LogP contribution in [0.3, 0.4) is 0 Å². The van der Waals surface area contributed by atoms with Crippen LogP contribution in [0.15, 0.2) is 18.2 Å². The summed E-state index contributed by atoms with van der Waals surface area (Å²) >= 11 is 5.50. The molecule has 1 aliphatic rings. The molecule has 2 rings (SSSR count). The zero-order valence-corrected chi connectivity index (χ0v) is 10.0. The minimum atomic E-state index is -0.585. The molecule has 1 aromatic rings. The molecular formula is C13H17ClO2. The Morgan fingerprint density at radius 2 is 2.00 bits per heavy atom. The van der Waals surface area contributed by atoms with Gasteiger partial charge in [0.25, 0.3) is 0 Å². The van der Waals surface area contributed by atoms with Crippen LogP contribution < -0.4 is 4.74 Å². The lowest BCUT2D eigenvalue weighted by molar-refractivity contribution is 0.125. The highest BCUT2D eigenvalue weighted by Crippen LogP contribution is 2.25. The highest BCUT2D eigenvalue weighted by atomic mass is 35.5. The van der Waals surface area contributed by atoms with Crippen molar-refractivity contribution in [3.05, 3.63) is 29.3 Å². The molecule has 0 saturated carbocycles. The Bertz CT molecular complexity index is 352. The fourth-order valence-corrected chi connectivity index (χ4v) is 2.13. The van der Waals surface area contributed by atoms with Gasteiger partial charge in [0.2, 0.25) is 0 Å². The number of benzene rings is 1. The van der Waals surface area contributed by atoms with Crippen LogP contribution in [0.25, 0.3) is 0 Å². The molecule has 0 fully saturated rings. The summed E-state index contributed by atoms with van der Waals surface area (Å²) in [5.74, 6) is 1.05. The molecule has 2 nitrogen and oxygen atoms in total. The third-order valence-corrected chi connectivity index (χ3v) is 3.30. The van der Waals surface area contributed by atoms with Gasteiger partial charge in [0, 0.05) is 0 Å². The van der Waals surface area contributed by atoms with E-state index in [0.717, 1.165) is 12.2 Å². The Hall–Kier alpha value is -0.730. The molecule has 1 atom stereocenters. The highest BCUT2D eigenvalue weighted by molar-refractivity contribution is 6.18. The summed E-state index contributed by atoms with van der Waals surface area (Å²) in [5, 5.41) is 9.30. The summed E-state index contributed by atoms with van der Waals surface area (Å²) in [7, 11) is 0. The molecule has 0 radical (unpaired) electrons. The number of aliphatic hydroxyl groups excluding tert-OH is 1. The number of rotatable bonds is 4. The van der Waals surface area contributed by atoms with E-state index in [1.807, 2.05) is 6.07 Å². The lowest BCUT2D eigenvalue weighted by Gasteiger charge is -2.17. The SMILES string of the molecule is OC(CCl)COc1ccc2c(c1)CCCC2. The highest BCUT2D eigenvalue weighted by Gasteiger charge is 2.10. The summed E-state index contributed by atoms with van der Waals surface area (Å²) < 4.78 is 5.49. The Kier molecular flexibility index (Phi) is 4.08. The molecule has 16 heavy (non-hydrogen) atoms. The number of hydrogen-bond donors (Lipinski definition) is 1. The summed E-state index contributed by atoms with van der Waals surface area (Å²) in [6.07, 6.45) is 4.29. The van der Waals surface area contributed by atoms with E-state index in [2.05, 4.69) is 12.1 Å². The number of halogens is 1. The van der Waals surface area contributed by atoms with Gasteiger partial charge in [0.1, 0.15) is 18.5 Å². The molecule has 1 N–H and O–H groups in total. The summed E-state index contributed by atoms with van der Waals surface area (Å²) in [4.78, 5) is 0. The van der Waals surface area contributed by atoms with Gasteiger partial charge in [-0.25, -0.2) is 0 Å². The first-order chi connectivity index (χ1) is 7.79. The third-order valence-electron chi connectivity index (χ3n) is 2.94. The van der Waals surface area contributed by atoms with Gasteiger partial charge in [-0.05, 0) is 48.9 Å². The van der Waals surface area contributed by atoms with Crippen LogP contribution in [0, 0.1) is 0 Å². The van der Waals surface area contributed by atoms with Crippen LogP contribution in [0.4, 0.5) is 0 Å². The molecule has 0 aromatic heterocycles. The summed E-state index contributed by atoms with van der Waals surface area (Å²) in [5.41, 5.74) is 2.83. The molecular weight excluding hydrogens is 224 g/mol. The minimum Gasteiger partial charge on any atom is -0.491 e. The third kappa shape index (κ3) is 2.89. The number of hydrogen-bond acceptors (Lipinski definition) is 2. The minimum absolute atomic E-state index is 0.213. The van der Waals surface area contributed by atoms with E-state index < -0.39 is 6.10 Å². The summed E-state index contributed by atoms with van der Waals surface area (Å²) in [6.45, 7) is 0.266. The first kappa shape index (κ1) is 11.7. The van der Waals surface area contributed by atoms with Crippen LogP contribution in [0.2, 0.25) is 0 Å². The first-order valence-corrected chi connectivity index (χ1v) is 6.31. The maximum Gasteiger partial charge on any atom is 0.119 e. The lowest BCUT2D eigenvalue weighted by atomic mass is 9.92. The number of alkyl halides is 1. The van der Waals surface area contributed by atoms with Crippen molar-refractivity contribution >= 4 is 11.6 Å². The average Bonchev–Trinajstić information content (AvgIpc) is 2.35. The second kappa shape index (κ2) is 5.55. The van der Waals surface area contributed by atoms with E-state index in [1.54, 1.807) is 0 Å². The predicted molar refractivity (Wildman–Crippen MR) is 65.3 cm³/mol. The van der Waals surface area contributed by atoms with Crippen LogP contribution in [0.1, 0.15) is 24.0 Å². The van der Waals surface area contributed by atoms with E-state index in [9.17, 15) is 5.11 Å². The van der Waals surface area contributed by atoms with Crippen molar-refractivity contribution in [2.75, 3.05) is 12.5 Å². The Morgan fingerprint density at radius 1 is 1.25 bits per heavy atom. The molecule has 1 unspecified atom stereocenters. The normalized spacial score (nSPS) is 16.6. The predicted octanol–water partition coefficient (Wildman–Crippen LogP) is 2.54. The smallest absolute Gasteiger partial charge is 0.119 e. The van der Waals surface area contributed by atoms with Crippen LogP contribution in [0.5, 0.6) is 5.75 Å². The Balaban J connectivity index is 2.00. The van der Waals surface area contributed by atoms with E-state index in [4.69, 9.17) is 16.3 Å². The molecule has 1 aliphatic carbocycles. The van der Waals surface area contributed by atoms with Crippen molar-refractivity contribution in [3.8, 4) is 5.75 Å². The van der Waals surface area contributed by atoms with Gasteiger partial charge in [-0.2, -0.15) is 0 Å². The second-order valence-electron chi connectivity index (χ2n) is 4.26. The van der Waals surface area contributed by atoms with Gasteiger partial charge in [-0.3, -0.25) is 0 Å². The van der Waals surface area contributed by atoms with E-state index in [0.29, 0.717) is 0 Å². The van der Waals surface area contributed by atoms with Gasteiger partial charge in [-0.15, -0.1) is 11.6 Å². The zero-order chi connectivity index (χ0) is 11.4. The molecule has 88 valence electrons. The van der Waals surface area contributed by atoms with Gasteiger partial charge in [0.15, 0.2) is 0 Å². The van der Waals surface area contributed by atoms with Crippen molar-refractivity contribution in [2.24, 2.45) is 0 Å². The number of fused-ring (bicyclic) bond motifs is 1. The van der Waals surface area contributed by atoms with Crippen LogP contribution in [-0.2, 0) is 12.8 Å². The zero-order valence-electron chi connectivity index (χ0n) is 9.29. The monoisotopic (exact) mass is 240 g/mol. The standard InChI is InChI=1S/C13H17ClO2/c14-8-12(15)9-16-13-6-5-10-3-1-2-4-11(10)7-13/h5-7,12,15H,1-4,8-9H2. The van der Waals surface area contributed by atoms with E-state index in [-0.39, 0.29) is 12.5 Å². The molecule has 0 saturated heterocycles. The number of ether oxygens (including phenoxy) is 1. The van der Waals surface area contributed by atoms with Crippen molar-refractivity contribution < 1.29 is 9.84 Å². The fourth-order valence-electron chi connectivity index (χ4n) is 2.04. The quantitative estimate of drug-likeness (QED) is 0.820. The Morgan fingerprint density at radius 3 is 2.75 bits per heavy atom. The molecule has 3 heteroatoms. The summed E-state index contributed by atoms with van der Waals surface area (Å²) in [6, 6.07) is 6.21. The average molecular weight is 241 g/mol. The molecule has 0 bridgehead atoms. The first-order valence-electron chi connectivity index (χ1n) is 5.78. The van der Waals surface area contributed by atoms with Crippen molar-refractivity contribution in [1.82, 2.24) is 0 Å². The second-order valence-corrected chi connectivity index (χ2v) is 4.57. The van der Waals surface area contributed by atoms with Crippen molar-refractivity contribution in [2.45, 2.75) is 31.8 Å². The fraction of sp³-hybridized carbons (Fsp3) is 0.538. The number of aliphatic hydroxyl groups is 1. The van der Waals surface area contributed by atoms with Gasteiger partial charge >= 0.3 is 0 Å². The topological polar surface area (TPSA) is 29.5 Å². The largest absolute Gasteiger partial charge is 0.491 e. The van der Waals surface area contributed by atoms with Crippen LogP contribution >= 0.6 is 11.6 Å². The van der Waals surface area contributed by atoms with Crippen LogP contribution in [-0.4, -0.2) is 23.7 Å². The van der Waals surface area contributed by atoms with E-state index >= 15 is 0 Å². The van der Waals surface area contributed by atoms with Crippen molar-refractivity contribution in [1.29, 1.82) is 0 Å². The lowest BCUT2D eigenvalue weighted by Crippen LogP contribution is -2.19. The molecule has 0 heterocycles. The molecule has 1 aromatic carbocycles. The maximum atomic E-state index is 9.30. The van der Waals surface area contributed by atoms with Gasteiger partial charge in [0.05, 0.1) is 5.88 Å². The molecule has 0 aliphatic heterocycles. The maximum absolute atomic E-state index is 9.30. The van der Waals surface area contributed by atoms with Gasteiger partial charge in [-0.1, -0.05) is 6.07 Å². The number of aryl methyl sites for hydroxylation is 2. The van der Waals surface area contributed by atoms with E-state index in [1.165, 1.54) is 30.4 Å². The Labute approximate surface area is 101 Å². The molecule has 0 amide bonds. The molecule has 0 spiro atoms. The van der Waals surface area contributed by atoms with Gasteiger partial charge < -0.3 is 9.84 Å². The van der Waals surface area contributed by atoms with Crippen molar-refractivity contribution in [3.63, 3.8) is 0 Å².